The van der Waals surface area contributed by atoms with E-state index >= 15 is 0 Å². The third-order valence-corrected chi connectivity index (χ3v) is 4.62. The first-order valence-corrected chi connectivity index (χ1v) is 8.84. The van der Waals surface area contributed by atoms with Gasteiger partial charge in [0.15, 0.2) is 0 Å². The average molecular weight is 383 g/mol. The summed E-state index contributed by atoms with van der Waals surface area (Å²) >= 11 is 6.26. The van der Waals surface area contributed by atoms with E-state index in [0.717, 1.165) is 11.1 Å². The topological polar surface area (TPSA) is 110 Å². The van der Waals surface area contributed by atoms with Gasteiger partial charge in [-0.05, 0) is 38.3 Å². The Bertz CT molecular complexity index is 1120. The minimum atomic E-state index is -0.315. The predicted octanol–water partition coefficient (Wildman–Crippen LogP) is 3.65. The van der Waals surface area contributed by atoms with Crippen LogP contribution in [0.4, 0.5) is 11.8 Å². The number of anilines is 2. The van der Waals surface area contributed by atoms with Gasteiger partial charge in [-0.2, -0.15) is 10.2 Å². The van der Waals surface area contributed by atoms with Crippen molar-refractivity contribution < 1.29 is 0 Å². The summed E-state index contributed by atoms with van der Waals surface area (Å²) in [5.41, 5.74) is 6.53. The molecule has 0 amide bonds. The Morgan fingerprint density at radius 2 is 2.07 bits per heavy atom. The normalized spacial score (nSPS) is 12.1. The van der Waals surface area contributed by atoms with E-state index in [4.69, 9.17) is 17.3 Å². The number of nitrogen functional groups attached to an aromatic ring is 1. The van der Waals surface area contributed by atoms with E-state index in [2.05, 4.69) is 15.3 Å². The highest BCUT2D eigenvalue weighted by Crippen LogP contribution is 2.27. The number of benzene rings is 1. The molecule has 0 aliphatic carbocycles. The van der Waals surface area contributed by atoms with E-state index in [-0.39, 0.29) is 29.2 Å². The molecule has 0 fully saturated rings. The van der Waals surface area contributed by atoms with Crippen LogP contribution in [0.3, 0.4) is 0 Å². The average Bonchev–Trinajstić information content (AvgIpc) is 2.61. The van der Waals surface area contributed by atoms with Crippen LogP contribution in [0.15, 0.2) is 35.3 Å². The van der Waals surface area contributed by atoms with Crippen LogP contribution in [0.1, 0.15) is 44.1 Å². The predicted molar refractivity (Wildman–Crippen MR) is 107 cm³/mol. The molecule has 0 radical (unpaired) electrons. The summed E-state index contributed by atoms with van der Waals surface area (Å²) in [5.74, 6) is 0.390. The summed E-state index contributed by atoms with van der Waals surface area (Å²) in [4.78, 5) is 21.0. The number of nitrogens with zero attached hydrogens (tertiary/aromatic N) is 4. The van der Waals surface area contributed by atoms with Gasteiger partial charge in [-0.25, -0.2) is 4.98 Å². The van der Waals surface area contributed by atoms with Crippen LogP contribution < -0.4 is 16.6 Å². The van der Waals surface area contributed by atoms with Crippen molar-refractivity contribution in [3.8, 4) is 6.07 Å². The molecule has 3 aromatic rings. The zero-order valence-corrected chi connectivity index (χ0v) is 15.9. The van der Waals surface area contributed by atoms with E-state index in [1.54, 1.807) is 10.6 Å². The highest BCUT2D eigenvalue weighted by molar-refractivity contribution is 6.35. The van der Waals surface area contributed by atoms with Gasteiger partial charge < -0.3 is 15.6 Å². The summed E-state index contributed by atoms with van der Waals surface area (Å²) in [6.45, 7) is 5.76. The standard InChI is InChI=1S/C19H19ClN6O/c1-10(2)26-15(7-12-5-4-6-14(20)16(12)18(26)27)11(3)24-17-13(8-21)9-23-19(22)25-17/h4-7,9-11H,1-3H3,(H3,22,23,24,25). The SMILES string of the molecule is CC(Nc1nc(N)ncc1C#N)c1cc2cccc(Cl)c2c(=O)n1C(C)C. The smallest absolute Gasteiger partial charge is 0.260 e. The Hall–Kier alpha value is -3.11. The maximum absolute atomic E-state index is 13.1. The van der Waals surface area contributed by atoms with Crippen molar-refractivity contribution in [2.45, 2.75) is 32.9 Å². The minimum Gasteiger partial charge on any atom is -0.368 e. The van der Waals surface area contributed by atoms with Crippen molar-refractivity contribution in [1.29, 1.82) is 5.26 Å². The Morgan fingerprint density at radius 1 is 1.33 bits per heavy atom. The molecule has 0 saturated heterocycles. The van der Waals surface area contributed by atoms with Gasteiger partial charge in [-0.3, -0.25) is 4.79 Å². The second kappa shape index (κ2) is 7.25. The van der Waals surface area contributed by atoms with E-state index < -0.39 is 0 Å². The van der Waals surface area contributed by atoms with Gasteiger partial charge in [0.05, 0.1) is 22.6 Å². The Morgan fingerprint density at radius 3 is 2.74 bits per heavy atom. The van der Waals surface area contributed by atoms with Crippen LogP contribution in [-0.2, 0) is 0 Å². The van der Waals surface area contributed by atoms with Crippen molar-refractivity contribution in [1.82, 2.24) is 14.5 Å². The molecule has 2 heterocycles. The third-order valence-electron chi connectivity index (χ3n) is 4.30. The number of nitrogens with one attached hydrogen (secondary N) is 1. The Labute approximate surface area is 161 Å². The monoisotopic (exact) mass is 382 g/mol. The number of fused-ring (bicyclic) bond motifs is 1. The first-order valence-electron chi connectivity index (χ1n) is 8.46. The molecular formula is C19H19ClN6O. The first-order chi connectivity index (χ1) is 12.8. The third kappa shape index (κ3) is 3.44. The van der Waals surface area contributed by atoms with Crippen molar-refractivity contribution in [3.05, 3.63) is 57.1 Å². The molecule has 0 aliphatic heterocycles. The molecular weight excluding hydrogens is 364 g/mol. The maximum Gasteiger partial charge on any atom is 0.260 e. The number of nitriles is 1. The van der Waals surface area contributed by atoms with E-state index in [1.165, 1.54) is 6.20 Å². The summed E-state index contributed by atoms with van der Waals surface area (Å²) in [6, 6.07) is 8.94. The van der Waals surface area contributed by atoms with Crippen LogP contribution in [0.25, 0.3) is 10.8 Å². The van der Waals surface area contributed by atoms with Gasteiger partial charge in [-0.1, -0.05) is 23.7 Å². The van der Waals surface area contributed by atoms with Gasteiger partial charge in [0.2, 0.25) is 5.95 Å². The summed E-state index contributed by atoms with van der Waals surface area (Å²) in [5, 5.41) is 14.1. The minimum absolute atomic E-state index is 0.0650. The molecule has 1 atom stereocenters. The largest absolute Gasteiger partial charge is 0.368 e. The quantitative estimate of drug-likeness (QED) is 0.712. The molecule has 27 heavy (non-hydrogen) atoms. The summed E-state index contributed by atoms with van der Waals surface area (Å²) < 4.78 is 1.70. The molecule has 1 unspecified atom stereocenters. The first kappa shape index (κ1) is 18.7. The zero-order valence-electron chi connectivity index (χ0n) is 15.2. The zero-order chi connectivity index (χ0) is 19.7. The fraction of sp³-hybridized carbons (Fsp3) is 0.263. The summed E-state index contributed by atoms with van der Waals surface area (Å²) in [6.07, 6.45) is 1.37. The van der Waals surface area contributed by atoms with Gasteiger partial charge in [-0.15, -0.1) is 0 Å². The lowest BCUT2D eigenvalue weighted by atomic mass is 10.1. The van der Waals surface area contributed by atoms with E-state index in [0.29, 0.717) is 16.2 Å². The molecule has 0 aliphatic rings. The summed E-state index contributed by atoms with van der Waals surface area (Å²) in [7, 11) is 0. The van der Waals surface area contributed by atoms with E-state index in [9.17, 15) is 10.1 Å². The van der Waals surface area contributed by atoms with Crippen molar-refractivity contribution in [2.75, 3.05) is 11.1 Å². The number of hydrogen-bond acceptors (Lipinski definition) is 6. The molecule has 138 valence electrons. The molecule has 0 saturated carbocycles. The van der Waals surface area contributed by atoms with E-state index in [1.807, 2.05) is 45.0 Å². The second-order valence-electron chi connectivity index (χ2n) is 6.51. The van der Waals surface area contributed by atoms with Crippen molar-refractivity contribution in [3.63, 3.8) is 0 Å². The molecule has 0 bridgehead atoms. The van der Waals surface area contributed by atoms with Crippen LogP contribution in [-0.4, -0.2) is 14.5 Å². The lowest BCUT2D eigenvalue weighted by Gasteiger charge is -2.24. The molecule has 8 heteroatoms. The number of aromatic nitrogens is 3. The van der Waals surface area contributed by atoms with Gasteiger partial charge >= 0.3 is 0 Å². The number of pyridine rings is 1. The fourth-order valence-corrected chi connectivity index (χ4v) is 3.35. The molecule has 3 N–H and O–H groups in total. The second-order valence-corrected chi connectivity index (χ2v) is 6.92. The number of rotatable bonds is 4. The fourth-order valence-electron chi connectivity index (χ4n) is 3.09. The lowest BCUT2D eigenvalue weighted by Crippen LogP contribution is -2.28. The lowest BCUT2D eigenvalue weighted by molar-refractivity contribution is 0.541. The van der Waals surface area contributed by atoms with Crippen molar-refractivity contribution >= 4 is 34.1 Å². The number of halogens is 1. The van der Waals surface area contributed by atoms with Gasteiger partial charge in [0.1, 0.15) is 17.5 Å². The van der Waals surface area contributed by atoms with Gasteiger partial charge in [0.25, 0.3) is 5.56 Å². The Balaban J connectivity index is 2.16. The van der Waals surface area contributed by atoms with Crippen LogP contribution in [0.2, 0.25) is 5.02 Å². The van der Waals surface area contributed by atoms with Crippen LogP contribution in [0, 0.1) is 11.3 Å². The van der Waals surface area contributed by atoms with Crippen molar-refractivity contribution in [2.24, 2.45) is 0 Å². The van der Waals surface area contributed by atoms with Gasteiger partial charge in [0, 0.05) is 11.7 Å². The molecule has 2 aromatic heterocycles. The van der Waals surface area contributed by atoms with Crippen LogP contribution in [0.5, 0.6) is 0 Å². The number of nitrogens with two attached hydrogens (primary N) is 1. The molecule has 3 rings (SSSR count). The highest BCUT2D eigenvalue weighted by atomic mass is 35.5. The molecule has 1 aromatic carbocycles. The molecule has 7 nitrogen and oxygen atoms in total. The number of hydrogen-bond donors (Lipinski definition) is 2. The van der Waals surface area contributed by atoms with Crippen LogP contribution >= 0.6 is 11.6 Å². The Kier molecular flexibility index (Phi) is 5.02. The highest BCUT2D eigenvalue weighted by Gasteiger charge is 2.19. The maximum atomic E-state index is 13.1. The molecule has 0 spiro atoms.